The first kappa shape index (κ1) is 13.0. The number of hydrogen-bond donors (Lipinski definition) is 1. The van der Waals surface area contributed by atoms with Crippen molar-refractivity contribution in [2.75, 3.05) is 5.32 Å². The summed E-state index contributed by atoms with van der Waals surface area (Å²) in [5, 5.41) is 11.4. The van der Waals surface area contributed by atoms with Crippen molar-refractivity contribution >= 4 is 34.7 Å². The van der Waals surface area contributed by atoms with Crippen molar-refractivity contribution in [3.05, 3.63) is 29.5 Å². The molecule has 0 aliphatic heterocycles. The van der Waals surface area contributed by atoms with Crippen molar-refractivity contribution in [3.8, 4) is 0 Å². The summed E-state index contributed by atoms with van der Waals surface area (Å²) in [6.07, 6.45) is 3.28. The SMILES string of the molecule is Cc1nnc(SC(C)C(=O)Nc2cccnc2)s1. The fourth-order valence-corrected chi connectivity index (χ4v) is 3.17. The summed E-state index contributed by atoms with van der Waals surface area (Å²) >= 11 is 2.89. The second-order valence-corrected chi connectivity index (χ2v) is 6.35. The molecule has 5 nitrogen and oxygen atoms in total. The van der Waals surface area contributed by atoms with Crippen LogP contribution in [-0.4, -0.2) is 26.3 Å². The summed E-state index contributed by atoms with van der Waals surface area (Å²) in [5.74, 6) is -0.0687. The zero-order valence-electron chi connectivity index (χ0n) is 9.95. The maximum atomic E-state index is 11.9. The number of thioether (sulfide) groups is 1. The third-order valence-corrected chi connectivity index (χ3v) is 4.11. The molecule has 0 aromatic carbocycles. The second kappa shape index (κ2) is 5.92. The van der Waals surface area contributed by atoms with Crippen LogP contribution >= 0.6 is 23.1 Å². The Balaban J connectivity index is 1.93. The molecule has 1 amide bonds. The van der Waals surface area contributed by atoms with Gasteiger partial charge in [0.2, 0.25) is 5.91 Å². The van der Waals surface area contributed by atoms with E-state index in [-0.39, 0.29) is 11.2 Å². The fraction of sp³-hybridized carbons (Fsp3) is 0.273. The average molecular weight is 280 g/mol. The van der Waals surface area contributed by atoms with E-state index in [1.54, 1.807) is 24.5 Å². The Labute approximate surface area is 113 Å². The van der Waals surface area contributed by atoms with Gasteiger partial charge in [-0.05, 0) is 26.0 Å². The molecule has 1 atom stereocenters. The maximum absolute atomic E-state index is 11.9. The number of amides is 1. The minimum Gasteiger partial charge on any atom is -0.324 e. The lowest BCUT2D eigenvalue weighted by Gasteiger charge is -2.09. The molecule has 1 N–H and O–H groups in total. The molecule has 18 heavy (non-hydrogen) atoms. The van der Waals surface area contributed by atoms with Crippen molar-refractivity contribution in [3.63, 3.8) is 0 Å². The summed E-state index contributed by atoms with van der Waals surface area (Å²) in [7, 11) is 0. The van der Waals surface area contributed by atoms with E-state index in [1.165, 1.54) is 23.1 Å². The third kappa shape index (κ3) is 3.51. The van der Waals surface area contributed by atoms with Crippen LogP contribution in [0.15, 0.2) is 28.9 Å². The predicted molar refractivity (Wildman–Crippen MR) is 72.8 cm³/mol. The van der Waals surface area contributed by atoms with Crippen molar-refractivity contribution < 1.29 is 4.79 Å². The van der Waals surface area contributed by atoms with Gasteiger partial charge >= 0.3 is 0 Å². The number of nitrogens with zero attached hydrogens (tertiary/aromatic N) is 3. The molecular weight excluding hydrogens is 268 g/mol. The topological polar surface area (TPSA) is 67.8 Å². The Morgan fingerprint density at radius 1 is 1.50 bits per heavy atom. The van der Waals surface area contributed by atoms with Gasteiger partial charge in [-0.2, -0.15) is 0 Å². The minimum absolute atomic E-state index is 0.0687. The molecule has 1 unspecified atom stereocenters. The molecule has 0 spiro atoms. The molecule has 2 aromatic rings. The average Bonchev–Trinajstić information content (AvgIpc) is 2.76. The Hall–Kier alpha value is -1.47. The van der Waals surface area contributed by atoms with Gasteiger partial charge in [0.05, 0.1) is 17.1 Å². The predicted octanol–water partition coefficient (Wildman–Crippen LogP) is 2.36. The second-order valence-electron chi connectivity index (χ2n) is 3.58. The van der Waals surface area contributed by atoms with E-state index in [0.29, 0.717) is 5.69 Å². The lowest BCUT2D eigenvalue weighted by atomic mass is 10.4. The molecule has 2 rings (SSSR count). The highest BCUT2D eigenvalue weighted by Gasteiger charge is 2.16. The van der Waals surface area contributed by atoms with Gasteiger partial charge in [0, 0.05) is 6.20 Å². The molecule has 0 saturated heterocycles. The van der Waals surface area contributed by atoms with Crippen molar-refractivity contribution in [2.45, 2.75) is 23.4 Å². The van der Waals surface area contributed by atoms with Gasteiger partial charge < -0.3 is 5.32 Å². The van der Waals surface area contributed by atoms with E-state index in [2.05, 4.69) is 20.5 Å². The van der Waals surface area contributed by atoms with Crippen LogP contribution in [0.25, 0.3) is 0 Å². The van der Waals surface area contributed by atoms with E-state index in [1.807, 2.05) is 13.8 Å². The number of hydrogen-bond acceptors (Lipinski definition) is 6. The highest BCUT2D eigenvalue weighted by Crippen LogP contribution is 2.26. The Morgan fingerprint density at radius 2 is 2.33 bits per heavy atom. The Kier molecular flexibility index (Phi) is 4.27. The molecule has 0 radical (unpaired) electrons. The summed E-state index contributed by atoms with van der Waals surface area (Å²) < 4.78 is 0.807. The van der Waals surface area contributed by atoms with Gasteiger partial charge in [-0.3, -0.25) is 9.78 Å². The van der Waals surface area contributed by atoms with Gasteiger partial charge in [0.15, 0.2) is 4.34 Å². The van der Waals surface area contributed by atoms with Crippen LogP contribution in [0.4, 0.5) is 5.69 Å². The van der Waals surface area contributed by atoms with Crippen LogP contribution in [0.3, 0.4) is 0 Å². The third-order valence-electron chi connectivity index (χ3n) is 2.08. The number of rotatable bonds is 4. The summed E-state index contributed by atoms with van der Waals surface area (Å²) in [5.41, 5.74) is 0.698. The van der Waals surface area contributed by atoms with E-state index in [0.717, 1.165) is 9.35 Å². The van der Waals surface area contributed by atoms with E-state index >= 15 is 0 Å². The summed E-state index contributed by atoms with van der Waals surface area (Å²) in [4.78, 5) is 15.9. The quantitative estimate of drug-likeness (QED) is 0.871. The monoisotopic (exact) mass is 280 g/mol. The number of nitrogens with one attached hydrogen (secondary N) is 1. The van der Waals surface area contributed by atoms with Crippen molar-refractivity contribution in [2.24, 2.45) is 0 Å². The van der Waals surface area contributed by atoms with Gasteiger partial charge in [-0.1, -0.05) is 23.1 Å². The molecule has 7 heteroatoms. The number of pyridine rings is 1. The van der Waals surface area contributed by atoms with Crippen LogP contribution < -0.4 is 5.32 Å². The molecule has 0 aliphatic carbocycles. The summed E-state index contributed by atoms with van der Waals surface area (Å²) in [6.45, 7) is 3.73. The Bertz CT molecular complexity index is 529. The Morgan fingerprint density at radius 3 is 2.94 bits per heavy atom. The number of aromatic nitrogens is 3. The number of anilines is 1. The van der Waals surface area contributed by atoms with Gasteiger partial charge in [-0.15, -0.1) is 10.2 Å². The van der Waals surface area contributed by atoms with Crippen molar-refractivity contribution in [1.29, 1.82) is 0 Å². The van der Waals surface area contributed by atoms with Gasteiger partial charge in [0.1, 0.15) is 5.01 Å². The standard InChI is InChI=1S/C11H12N4OS2/c1-7(17-11-15-14-8(2)18-11)10(16)13-9-4-3-5-12-6-9/h3-7H,1-2H3,(H,13,16). The smallest absolute Gasteiger partial charge is 0.237 e. The van der Waals surface area contributed by atoms with E-state index in [9.17, 15) is 4.79 Å². The van der Waals surface area contributed by atoms with Crippen LogP contribution in [-0.2, 0) is 4.79 Å². The zero-order valence-corrected chi connectivity index (χ0v) is 11.6. The van der Waals surface area contributed by atoms with Crippen LogP contribution in [0.1, 0.15) is 11.9 Å². The zero-order chi connectivity index (χ0) is 13.0. The minimum atomic E-state index is -0.224. The largest absolute Gasteiger partial charge is 0.324 e. The molecule has 0 aliphatic rings. The molecule has 0 fully saturated rings. The number of aryl methyl sites for hydroxylation is 1. The lowest BCUT2D eigenvalue weighted by molar-refractivity contribution is -0.115. The van der Waals surface area contributed by atoms with E-state index in [4.69, 9.17) is 0 Å². The highest BCUT2D eigenvalue weighted by atomic mass is 32.2. The van der Waals surface area contributed by atoms with Crippen LogP contribution in [0, 0.1) is 6.92 Å². The number of carbonyl (C=O) groups excluding carboxylic acids is 1. The molecule has 0 bridgehead atoms. The molecule has 94 valence electrons. The van der Waals surface area contributed by atoms with Crippen LogP contribution in [0.5, 0.6) is 0 Å². The highest BCUT2D eigenvalue weighted by molar-refractivity contribution is 8.02. The van der Waals surface area contributed by atoms with Crippen molar-refractivity contribution in [1.82, 2.24) is 15.2 Å². The molecule has 0 saturated carbocycles. The lowest BCUT2D eigenvalue weighted by Crippen LogP contribution is -2.22. The first-order valence-electron chi connectivity index (χ1n) is 5.33. The summed E-state index contributed by atoms with van der Waals surface area (Å²) in [6, 6.07) is 3.58. The van der Waals surface area contributed by atoms with E-state index < -0.39 is 0 Å². The maximum Gasteiger partial charge on any atom is 0.237 e. The molecule has 2 heterocycles. The fourth-order valence-electron chi connectivity index (χ4n) is 1.21. The first-order chi connectivity index (χ1) is 8.65. The molecule has 2 aromatic heterocycles. The number of carbonyl (C=O) groups is 1. The van der Waals surface area contributed by atoms with Crippen LogP contribution in [0.2, 0.25) is 0 Å². The van der Waals surface area contributed by atoms with Gasteiger partial charge in [0.25, 0.3) is 0 Å². The van der Waals surface area contributed by atoms with Gasteiger partial charge in [-0.25, -0.2) is 0 Å². The first-order valence-corrected chi connectivity index (χ1v) is 7.02. The normalized spacial score (nSPS) is 12.1. The molecular formula is C11H12N4OS2.